The maximum Gasteiger partial charge on any atom is 0.209 e. The van der Waals surface area contributed by atoms with Crippen LogP contribution in [0.25, 0.3) is 10.9 Å². The third-order valence-electron chi connectivity index (χ3n) is 7.70. The number of pyridine rings is 2. The maximum atomic E-state index is 16.5. The molecule has 0 spiro atoms. The lowest BCUT2D eigenvalue weighted by Gasteiger charge is -2.33. The average Bonchev–Trinajstić information content (AvgIpc) is 2.96. The fourth-order valence-corrected chi connectivity index (χ4v) is 5.71. The van der Waals surface area contributed by atoms with Crippen molar-refractivity contribution in [3.63, 3.8) is 0 Å². The van der Waals surface area contributed by atoms with Crippen LogP contribution in [0.3, 0.4) is 0 Å². The molecule has 38 heavy (non-hydrogen) atoms. The Balaban J connectivity index is 1.45. The molecular weight excluding hydrogens is 481 g/mol. The van der Waals surface area contributed by atoms with Gasteiger partial charge in [0.2, 0.25) is 5.43 Å². The molecule has 4 aromatic rings. The van der Waals surface area contributed by atoms with Crippen LogP contribution in [-0.4, -0.2) is 22.2 Å². The minimum Gasteiger partial charge on any atom is -0.487 e. The van der Waals surface area contributed by atoms with Crippen molar-refractivity contribution in [1.29, 1.82) is 5.26 Å². The van der Waals surface area contributed by atoms with E-state index in [4.69, 9.17) is 4.74 Å². The number of aromatic nitrogens is 2. The fourth-order valence-electron chi connectivity index (χ4n) is 5.71. The third-order valence-corrected chi connectivity index (χ3v) is 7.70. The van der Waals surface area contributed by atoms with E-state index in [1.54, 1.807) is 12.4 Å². The van der Waals surface area contributed by atoms with Gasteiger partial charge in [-0.1, -0.05) is 24.3 Å². The SMILES string of the molecule is C[C@H]1COc2c(NC3CCC(c4cccnc4)CC3)c(F)c(Nc3ccccc3)c3c(=O)c(C#N)cn1c23. The highest BCUT2D eigenvalue weighted by atomic mass is 19.1. The van der Waals surface area contributed by atoms with Gasteiger partial charge in [-0.25, -0.2) is 4.39 Å². The van der Waals surface area contributed by atoms with Gasteiger partial charge in [0, 0.05) is 30.3 Å². The molecule has 0 saturated heterocycles. The van der Waals surface area contributed by atoms with Crippen molar-refractivity contribution in [3.05, 3.63) is 88.2 Å². The van der Waals surface area contributed by atoms with E-state index >= 15 is 4.39 Å². The summed E-state index contributed by atoms with van der Waals surface area (Å²) in [5.74, 6) is 0.174. The van der Waals surface area contributed by atoms with Crippen LogP contribution in [0.4, 0.5) is 21.5 Å². The molecule has 0 bridgehead atoms. The average molecular weight is 510 g/mol. The van der Waals surface area contributed by atoms with Crippen LogP contribution in [0.5, 0.6) is 5.75 Å². The first kappa shape index (κ1) is 24.0. The Morgan fingerprint density at radius 1 is 1.11 bits per heavy atom. The minimum atomic E-state index is -0.584. The van der Waals surface area contributed by atoms with Gasteiger partial charge in [-0.15, -0.1) is 0 Å². The molecule has 3 heterocycles. The van der Waals surface area contributed by atoms with Gasteiger partial charge >= 0.3 is 0 Å². The second kappa shape index (κ2) is 9.82. The van der Waals surface area contributed by atoms with Crippen LogP contribution >= 0.6 is 0 Å². The molecule has 0 amide bonds. The molecule has 6 rings (SSSR count). The molecule has 192 valence electrons. The Hall–Kier alpha value is -4.38. The summed E-state index contributed by atoms with van der Waals surface area (Å²) in [4.78, 5) is 17.7. The van der Waals surface area contributed by atoms with Crippen molar-refractivity contribution in [1.82, 2.24) is 9.55 Å². The van der Waals surface area contributed by atoms with Crippen molar-refractivity contribution in [2.24, 2.45) is 0 Å². The number of nitriles is 1. The zero-order valence-electron chi connectivity index (χ0n) is 21.1. The number of ether oxygens (including phenoxy) is 1. The number of hydrogen-bond donors (Lipinski definition) is 2. The van der Waals surface area contributed by atoms with Crippen LogP contribution in [0, 0.1) is 17.1 Å². The van der Waals surface area contributed by atoms with E-state index < -0.39 is 11.2 Å². The summed E-state index contributed by atoms with van der Waals surface area (Å²) >= 11 is 0. The highest BCUT2D eigenvalue weighted by Crippen LogP contribution is 2.46. The lowest BCUT2D eigenvalue weighted by Crippen LogP contribution is -2.29. The molecule has 0 unspecified atom stereocenters. The van der Waals surface area contributed by atoms with Crippen molar-refractivity contribution < 1.29 is 9.13 Å². The molecule has 1 atom stereocenters. The Labute approximate surface area is 219 Å². The zero-order valence-corrected chi connectivity index (χ0v) is 21.1. The quantitative estimate of drug-likeness (QED) is 0.331. The van der Waals surface area contributed by atoms with Crippen LogP contribution < -0.4 is 20.8 Å². The molecule has 2 N–H and O–H groups in total. The highest BCUT2D eigenvalue weighted by molar-refractivity contribution is 6.02. The molecule has 1 aliphatic carbocycles. The third kappa shape index (κ3) is 4.14. The fraction of sp³-hybridized carbons (Fsp3) is 0.300. The van der Waals surface area contributed by atoms with Crippen LogP contribution in [0.2, 0.25) is 0 Å². The van der Waals surface area contributed by atoms with Gasteiger partial charge in [0.15, 0.2) is 11.6 Å². The lowest BCUT2D eigenvalue weighted by molar-refractivity contribution is 0.247. The first-order chi connectivity index (χ1) is 18.5. The number of rotatable bonds is 5. The molecule has 1 saturated carbocycles. The number of nitrogens with one attached hydrogen (secondary N) is 2. The number of benzene rings is 2. The summed E-state index contributed by atoms with van der Waals surface area (Å²) in [5.41, 5.74) is 2.14. The first-order valence-corrected chi connectivity index (χ1v) is 13.0. The van der Waals surface area contributed by atoms with Gasteiger partial charge < -0.3 is 19.9 Å². The van der Waals surface area contributed by atoms with Gasteiger partial charge in [0.25, 0.3) is 0 Å². The van der Waals surface area contributed by atoms with Gasteiger partial charge in [-0.3, -0.25) is 9.78 Å². The van der Waals surface area contributed by atoms with Gasteiger partial charge in [-0.05, 0) is 62.3 Å². The van der Waals surface area contributed by atoms with Crippen molar-refractivity contribution in [2.75, 3.05) is 17.2 Å². The molecule has 7 nitrogen and oxygen atoms in total. The summed E-state index contributed by atoms with van der Waals surface area (Å²) in [7, 11) is 0. The second-order valence-corrected chi connectivity index (χ2v) is 10.1. The molecule has 2 aliphatic rings. The Kier molecular flexibility index (Phi) is 6.20. The predicted molar refractivity (Wildman–Crippen MR) is 146 cm³/mol. The van der Waals surface area contributed by atoms with Crippen LogP contribution in [0.1, 0.15) is 55.7 Å². The summed E-state index contributed by atoms with van der Waals surface area (Å²) < 4.78 is 24.4. The van der Waals surface area contributed by atoms with Crippen molar-refractivity contribution in [3.8, 4) is 11.8 Å². The minimum absolute atomic E-state index is 0.0258. The highest BCUT2D eigenvalue weighted by Gasteiger charge is 2.32. The molecule has 2 aromatic carbocycles. The molecule has 2 aromatic heterocycles. The van der Waals surface area contributed by atoms with E-state index in [9.17, 15) is 10.1 Å². The molecular formula is C30H28FN5O2. The Morgan fingerprint density at radius 3 is 2.61 bits per heavy atom. The Bertz CT molecular complexity index is 1590. The van der Waals surface area contributed by atoms with Crippen molar-refractivity contribution in [2.45, 2.75) is 50.6 Å². The van der Waals surface area contributed by atoms with E-state index in [2.05, 4.69) is 21.7 Å². The van der Waals surface area contributed by atoms with Gasteiger partial charge in [0.1, 0.15) is 23.9 Å². The summed E-state index contributed by atoms with van der Waals surface area (Å²) in [6.45, 7) is 2.26. The lowest BCUT2D eigenvalue weighted by atomic mass is 9.82. The first-order valence-electron chi connectivity index (χ1n) is 13.0. The monoisotopic (exact) mass is 509 g/mol. The van der Waals surface area contributed by atoms with Crippen molar-refractivity contribution >= 4 is 28.0 Å². The maximum absolute atomic E-state index is 16.5. The van der Waals surface area contributed by atoms with E-state index in [0.29, 0.717) is 29.5 Å². The predicted octanol–water partition coefficient (Wildman–Crippen LogP) is 6.24. The van der Waals surface area contributed by atoms with Gasteiger partial charge in [-0.2, -0.15) is 5.26 Å². The summed E-state index contributed by atoms with van der Waals surface area (Å²) in [5, 5.41) is 16.4. The molecule has 0 radical (unpaired) electrons. The second-order valence-electron chi connectivity index (χ2n) is 10.1. The Morgan fingerprint density at radius 2 is 1.89 bits per heavy atom. The smallest absolute Gasteiger partial charge is 0.209 e. The molecule has 8 heteroatoms. The topological polar surface area (TPSA) is 92.0 Å². The molecule has 1 aliphatic heterocycles. The van der Waals surface area contributed by atoms with E-state index in [0.717, 1.165) is 25.7 Å². The largest absolute Gasteiger partial charge is 0.487 e. The summed E-state index contributed by atoms with van der Waals surface area (Å²) in [6.07, 6.45) is 8.95. The van der Waals surface area contributed by atoms with Gasteiger partial charge in [0.05, 0.1) is 22.6 Å². The van der Waals surface area contributed by atoms with E-state index in [1.807, 2.05) is 60.2 Å². The number of anilines is 3. The van der Waals surface area contributed by atoms with E-state index in [1.165, 1.54) is 5.56 Å². The number of hydrogen-bond acceptors (Lipinski definition) is 6. The number of nitrogens with zero attached hydrogens (tertiary/aromatic N) is 3. The van der Waals surface area contributed by atoms with Crippen LogP contribution in [0.15, 0.2) is 65.8 Å². The molecule has 1 fully saturated rings. The standard InChI is InChI=1S/C30H28FN5O2/c1-18-17-38-30-27(35-23-11-9-19(10-12-23)20-6-5-13-33-15-20)25(31)26(34-22-7-3-2-4-8-22)24-28(30)36(18)16-21(14-32)29(24)37/h2-8,13,15-16,18-19,23,34-35H,9-12,17H2,1H3/t18-,19?,23?/m0/s1. The number of halogens is 1. The zero-order chi connectivity index (χ0) is 26.2. The van der Waals surface area contributed by atoms with E-state index in [-0.39, 0.29) is 34.4 Å². The summed E-state index contributed by atoms with van der Waals surface area (Å²) in [6, 6.07) is 15.2. The number of para-hydroxylation sites is 1. The van der Waals surface area contributed by atoms with Crippen LogP contribution in [-0.2, 0) is 0 Å². The normalized spacial score (nSPS) is 20.4.